The highest BCUT2D eigenvalue weighted by molar-refractivity contribution is 6.33. The number of rotatable bonds is 5. The van der Waals surface area contributed by atoms with Crippen molar-refractivity contribution in [3.05, 3.63) is 68.7 Å². The minimum atomic E-state index is -4.50. The summed E-state index contributed by atoms with van der Waals surface area (Å²) >= 11 is 6.18. The second-order valence-electron chi connectivity index (χ2n) is 6.82. The Morgan fingerprint density at radius 1 is 1.27 bits per heavy atom. The average molecular weight is 438 g/mol. The number of aryl methyl sites for hydroxylation is 1. The standard InChI is InChI=1S/C21H19ClF3N3O2/c1-12(11-30-3)7-9-28-19-18(27-13(2)20(28)29)16(6-8-26-19)15-5-4-14(10-17(15)22)21(23,24)25/h4-8,10H,9,11H2,1-3H3/b12-7+. The molecule has 0 spiro atoms. The lowest BCUT2D eigenvalue weighted by Gasteiger charge is -2.14. The number of ether oxygens (including phenoxy) is 1. The lowest BCUT2D eigenvalue weighted by Crippen LogP contribution is -2.24. The van der Waals surface area contributed by atoms with Crippen LogP contribution < -0.4 is 5.56 Å². The molecule has 0 aliphatic rings. The summed E-state index contributed by atoms with van der Waals surface area (Å²) in [5.41, 5.74) is 1.62. The van der Waals surface area contributed by atoms with E-state index in [2.05, 4.69) is 9.97 Å². The number of alkyl halides is 3. The largest absolute Gasteiger partial charge is 0.416 e. The van der Waals surface area contributed by atoms with Crippen molar-refractivity contribution >= 4 is 22.8 Å². The molecule has 0 aliphatic heterocycles. The van der Waals surface area contributed by atoms with Crippen molar-refractivity contribution in [2.75, 3.05) is 13.7 Å². The molecule has 0 bridgehead atoms. The molecule has 3 aromatic rings. The third-order valence-corrected chi connectivity index (χ3v) is 4.89. The van der Waals surface area contributed by atoms with E-state index in [1.54, 1.807) is 20.1 Å². The van der Waals surface area contributed by atoms with Crippen molar-refractivity contribution in [3.8, 4) is 11.1 Å². The number of hydrogen-bond donors (Lipinski definition) is 0. The smallest absolute Gasteiger partial charge is 0.380 e. The van der Waals surface area contributed by atoms with E-state index in [-0.39, 0.29) is 22.8 Å². The number of methoxy groups -OCH3 is 1. The van der Waals surface area contributed by atoms with Crippen molar-refractivity contribution < 1.29 is 17.9 Å². The van der Waals surface area contributed by atoms with E-state index in [0.29, 0.717) is 28.9 Å². The predicted molar refractivity (Wildman–Crippen MR) is 110 cm³/mol. The Kier molecular flexibility index (Phi) is 6.28. The first-order valence-electron chi connectivity index (χ1n) is 9.01. The average Bonchev–Trinajstić information content (AvgIpc) is 2.67. The molecule has 0 unspecified atom stereocenters. The van der Waals surface area contributed by atoms with Gasteiger partial charge < -0.3 is 4.74 Å². The van der Waals surface area contributed by atoms with Crippen LogP contribution in [0, 0.1) is 6.92 Å². The number of nitrogens with zero attached hydrogens (tertiary/aromatic N) is 3. The van der Waals surface area contributed by atoms with Gasteiger partial charge in [0, 0.05) is 36.0 Å². The highest BCUT2D eigenvalue weighted by Crippen LogP contribution is 2.37. The van der Waals surface area contributed by atoms with E-state index in [1.807, 2.05) is 13.0 Å². The number of halogens is 4. The van der Waals surface area contributed by atoms with Crippen LogP contribution in [0.25, 0.3) is 22.3 Å². The van der Waals surface area contributed by atoms with Crippen molar-refractivity contribution in [3.63, 3.8) is 0 Å². The second kappa shape index (κ2) is 8.57. The van der Waals surface area contributed by atoms with Crippen LogP contribution in [0.5, 0.6) is 0 Å². The molecule has 0 amide bonds. The second-order valence-corrected chi connectivity index (χ2v) is 7.23. The van der Waals surface area contributed by atoms with E-state index in [1.165, 1.54) is 16.8 Å². The SMILES string of the molecule is COC/C(C)=C/Cn1c(=O)c(C)nc2c(-c3ccc(C(F)(F)F)cc3Cl)ccnc21. The first-order chi connectivity index (χ1) is 14.1. The maximum Gasteiger partial charge on any atom is 0.416 e. The minimum absolute atomic E-state index is 0.0645. The summed E-state index contributed by atoms with van der Waals surface area (Å²) in [6.45, 7) is 4.14. The molecule has 30 heavy (non-hydrogen) atoms. The van der Waals surface area contributed by atoms with Crippen LogP contribution in [-0.4, -0.2) is 28.3 Å². The van der Waals surface area contributed by atoms with Crippen LogP contribution in [0.4, 0.5) is 13.2 Å². The third kappa shape index (κ3) is 4.39. The Labute approximate surface area is 175 Å². The number of pyridine rings is 1. The van der Waals surface area contributed by atoms with Gasteiger partial charge in [-0.1, -0.05) is 29.3 Å². The lowest BCUT2D eigenvalue weighted by molar-refractivity contribution is -0.137. The summed E-state index contributed by atoms with van der Waals surface area (Å²) < 4.78 is 45.5. The van der Waals surface area contributed by atoms with Crippen molar-refractivity contribution in [2.45, 2.75) is 26.6 Å². The molecule has 0 saturated heterocycles. The van der Waals surface area contributed by atoms with Crippen LogP contribution in [0.3, 0.4) is 0 Å². The summed E-state index contributed by atoms with van der Waals surface area (Å²) in [6, 6.07) is 4.76. The Morgan fingerprint density at radius 3 is 2.63 bits per heavy atom. The van der Waals surface area contributed by atoms with Gasteiger partial charge in [-0.25, -0.2) is 9.97 Å². The molecule has 5 nitrogen and oxygen atoms in total. The van der Waals surface area contributed by atoms with Gasteiger partial charge in [0.25, 0.3) is 5.56 Å². The van der Waals surface area contributed by atoms with Gasteiger partial charge in [0.15, 0.2) is 5.65 Å². The van der Waals surface area contributed by atoms with E-state index < -0.39 is 11.7 Å². The van der Waals surface area contributed by atoms with Gasteiger partial charge in [-0.3, -0.25) is 9.36 Å². The summed E-state index contributed by atoms with van der Waals surface area (Å²) in [5.74, 6) is 0. The molecule has 0 saturated carbocycles. The summed E-state index contributed by atoms with van der Waals surface area (Å²) in [6.07, 6.45) is -1.17. The Bertz CT molecular complexity index is 1190. The number of benzene rings is 1. The van der Waals surface area contributed by atoms with Crippen LogP contribution >= 0.6 is 11.6 Å². The predicted octanol–water partition coefficient (Wildman–Crippen LogP) is 5.03. The van der Waals surface area contributed by atoms with Gasteiger partial charge in [-0.2, -0.15) is 13.2 Å². The molecule has 0 N–H and O–H groups in total. The quantitative estimate of drug-likeness (QED) is 0.525. The highest BCUT2D eigenvalue weighted by Gasteiger charge is 2.31. The van der Waals surface area contributed by atoms with E-state index >= 15 is 0 Å². The first kappa shape index (κ1) is 22.0. The zero-order valence-corrected chi connectivity index (χ0v) is 17.3. The molecule has 158 valence electrons. The fourth-order valence-electron chi connectivity index (χ4n) is 3.09. The first-order valence-corrected chi connectivity index (χ1v) is 9.39. The van der Waals surface area contributed by atoms with Crippen molar-refractivity contribution in [2.24, 2.45) is 0 Å². The number of allylic oxidation sites excluding steroid dienone is 1. The van der Waals surface area contributed by atoms with Gasteiger partial charge in [-0.15, -0.1) is 0 Å². The van der Waals surface area contributed by atoms with Crippen molar-refractivity contribution in [1.82, 2.24) is 14.5 Å². The zero-order valence-electron chi connectivity index (χ0n) is 16.5. The molecule has 0 radical (unpaired) electrons. The molecule has 1 aromatic carbocycles. The molecule has 0 fully saturated rings. The molecule has 0 aliphatic carbocycles. The number of fused-ring (bicyclic) bond motifs is 1. The molecular weight excluding hydrogens is 419 g/mol. The molecular formula is C21H19ClF3N3O2. The van der Waals surface area contributed by atoms with Crippen LogP contribution in [0.15, 0.2) is 46.9 Å². The molecule has 2 heterocycles. The number of hydrogen-bond acceptors (Lipinski definition) is 4. The topological polar surface area (TPSA) is 57.0 Å². The van der Waals surface area contributed by atoms with Gasteiger partial charge >= 0.3 is 6.18 Å². The zero-order chi connectivity index (χ0) is 22.1. The van der Waals surface area contributed by atoms with Crippen LogP contribution in [-0.2, 0) is 17.5 Å². The fourth-order valence-corrected chi connectivity index (χ4v) is 3.37. The molecule has 0 atom stereocenters. The summed E-state index contributed by atoms with van der Waals surface area (Å²) in [5, 5.41) is -0.0645. The van der Waals surface area contributed by atoms with E-state index in [0.717, 1.165) is 17.7 Å². The Morgan fingerprint density at radius 2 is 2.00 bits per heavy atom. The van der Waals surface area contributed by atoms with Gasteiger partial charge in [0.2, 0.25) is 0 Å². The van der Waals surface area contributed by atoms with E-state index in [4.69, 9.17) is 16.3 Å². The fraction of sp³-hybridized carbons (Fsp3) is 0.286. The van der Waals surface area contributed by atoms with Crippen LogP contribution in [0.1, 0.15) is 18.2 Å². The van der Waals surface area contributed by atoms with Crippen molar-refractivity contribution in [1.29, 1.82) is 0 Å². The Hall–Kier alpha value is -2.71. The normalized spacial score (nSPS) is 12.6. The molecule has 2 aromatic heterocycles. The minimum Gasteiger partial charge on any atom is -0.380 e. The third-order valence-electron chi connectivity index (χ3n) is 4.58. The van der Waals surface area contributed by atoms with Crippen LogP contribution in [0.2, 0.25) is 5.02 Å². The summed E-state index contributed by atoms with van der Waals surface area (Å²) in [4.78, 5) is 21.3. The summed E-state index contributed by atoms with van der Waals surface area (Å²) in [7, 11) is 1.58. The van der Waals surface area contributed by atoms with Gasteiger partial charge in [-0.05, 0) is 32.0 Å². The molecule has 9 heteroatoms. The van der Waals surface area contributed by atoms with Gasteiger partial charge in [0.05, 0.1) is 12.2 Å². The highest BCUT2D eigenvalue weighted by atomic mass is 35.5. The van der Waals surface area contributed by atoms with E-state index in [9.17, 15) is 18.0 Å². The maximum atomic E-state index is 13.0. The Balaban J connectivity index is 2.20. The lowest BCUT2D eigenvalue weighted by atomic mass is 10.0. The number of aromatic nitrogens is 3. The maximum absolute atomic E-state index is 13.0. The van der Waals surface area contributed by atoms with Gasteiger partial charge in [0.1, 0.15) is 11.2 Å². The monoisotopic (exact) mass is 437 g/mol. The molecule has 3 rings (SSSR count).